The van der Waals surface area contributed by atoms with Crippen molar-refractivity contribution in [1.82, 2.24) is 0 Å². The molecule has 2 aromatic carbocycles. The molecular formula is C15H11ClF2O. The maximum Gasteiger partial charge on any atom is 0.131 e. The molecule has 1 unspecified atom stereocenters. The molecule has 0 bridgehead atoms. The van der Waals surface area contributed by atoms with Crippen molar-refractivity contribution in [3.8, 4) is 0 Å². The molecule has 2 aromatic rings. The van der Waals surface area contributed by atoms with Gasteiger partial charge in [0.25, 0.3) is 0 Å². The van der Waals surface area contributed by atoms with E-state index < -0.39 is 11.4 Å². The first kappa shape index (κ1) is 12.6. The Morgan fingerprint density at radius 3 is 2.58 bits per heavy atom. The van der Waals surface area contributed by atoms with Crippen LogP contribution >= 0.6 is 11.6 Å². The fourth-order valence-corrected chi connectivity index (χ4v) is 2.90. The summed E-state index contributed by atoms with van der Waals surface area (Å²) in [6, 6.07) is 8.65. The van der Waals surface area contributed by atoms with E-state index in [1.165, 1.54) is 24.3 Å². The van der Waals surface area contributed by atoms with E-state index >= 15 is 0 Å². The Kier molecular flexibility index (Phi) is 2.84. The Morgan fingerprint density at radius 1 is 1.05 bits per heavy atom. The smallest absolute Gasteiger partial charge is 0.131 e. The minimum absolute atomic E-state index is 0.140. The Bertz CT molecular complexity index is 657. The quantitative estimate of drug-likeness (QED) is 0.842. The third kappa shape index (κ3) is 1.85. The van der Waals surface area contributed by atoms with Gasteiger partial charge in [0.2, 0.25) is 0 Å². The molecule has 1 aliphatic rings. The SMILES string of the molecule is OC1(c2ccc(Cl)cc2F)CCc2c(F)cccc21. The zero-order valence-electron chi connectivity index (χ0n) is 9.96. The molecule has 0 saturated heterocycles. The van der Waals surface area contributed by atoms with Crippen molar-refractivity contribution >= 4 is 11.6 Å². The second-order valence-electron chi connectivity index (χ2n) is 4.75. The highest BCUT2D eigenvalue weighted by Crippen LogP contribution is 2.43. The Hall–Kier alpha value is -1.45. The second-order valence-corrected chi connectivity index (χ2v) is 5.19. The summed E-state index contributed by atoms with van der Waals surface area (Å²) in [4.78, 5) is 0. The number of rotatable bonds is 1. The average Bonchev–Trinajstić information content (AvgIpc) is 2.69. The monoisotopic (exact) mass is 280 g/mol. The second kappa shape index (κ2) is 4.29. The fourth-order valence-electron chi connectivity index (χ4n) is 2.75. The summed E-state index contributed by atoms with van der Waals surface area (Å²) in [6.07, 6.45) is 0.655. The van der Waals surface area contributed by atoms with Crippen molar-refractivity contribution in [2.75, 3.05) is 0 Å². The summed E-state index contributed by atoms with van der Waals surface area (Å²) >= 11 is 5.71. The van der Waals surface area contributed by atoms with Crippen LogP contribution in [0.2, 0.25) is 5.02 Å². The summed E-state index contributed by atoms with van der Waals surface area (Å²) in [5.41, 5.74) is -0.444. The minimum Gasteiger partial charge on any atom is -0.380 e. The standard InChI is InChI=1S/C15H11ClF2O/c16-9-4-5-12(14(18)8-9)15(19)7-6-10-11(15)2-1-3-13(10)17/h1-5,8,19H,6-7H2. The molecule has 98 valence electrons. The van der Waals surface area contributed by atoms with E-state index in [0.717, 1.165) is 6.07 Å². The predicted molar refractivity (Wildman–Crippen MR) is 69.1 cm³/mol. The van der Waals surface area contributed by atoms with Crippen molar-refractivity contribution < 1.29 is 13.9 Å². The fraction of sp³-hybridized carbons (Fsp3) is 0.200. The number of halogens is 3. The first-order valence-corrected chi connectivity index (χ1v) is 6.36. The third-order valence-corrected chi connectivity index (χ3v) is 3.91. The molecule has 1 atom stereocenters. The van der Waals surface area contributed by atoms with E-state index in [1.807, 2.05) is 0 Å². The van der Waals surface area contributed by atoms with E-state index in [2.05, 4.69) is 0 Å². The summed E-state index contributed by atoms with van der Waals surface area (Å²) in [5, 5.41) is 11.0. The van der Waals surface area contributed by atoms with Gasteiger partial charge in [-0.15, -0.1) is 0 Å². The minimum atomic E-state index is -1.48. The lowest BCUT2D eigenvalue weighted by Gasteiger charge is -2.25. The van der Waals surface area contributed by atoms with Gasteiger partial charge in [-0.1, -0.05) is 29.8 Å². The first-order chi connectivity index (χ1) is 9.02. The lowest BCUT2D eigenvalue weighted by molar-refractivity contribution is 0.0789. The van der Waals surface area contributed by atoms with Crippen LogP contribution < -0.4 is 0 Å². The molecule has 0 amide bonds. The molecule has 0 spiro atoms. The summed E-state index contributed by atoms with van der Waals surface area (Å²) in [5.74, 6) is -0.935. The van der Waals surface area contributed by atoms with Crippen LogP contribution in [0, 0.1) is 11.6 Å². The van der Waals surface area contributed by atoms with Gasteiger partial charge in [0.05, 0.1) is 0 Å². The van der Waals surface area contributed by atoms with Gasteiger partial charge in [-0.25, -0.2) is 8.78 Å². The molecular weight excluding hydrogens is 270 g/mol. The largest absolute Gasteiger partial charge is 0.380 e. The first-order valence-electron chi connectivity index (χ1n) is 5.98. The zero-order valence-corrected chi connectivity index (χ0v) is 10.7. The summed E-state index contributed by atoms with van der Waals surface area (Å²) < 4.78 is 27.7. The number of fused-ring (bicyclic) bond motifs is 1. The maximum atomic E-state index is 14.0. The molecule has 0 saturated carbocycles. The van der Waals surface area contributed by atoms with Crippen molar-refractivity contribution in [3.63, 3.8) is 0 Å². The number of hydrogen-bond donors (Lipinski definition) is 1. The van der Waals surface area contributed by atoms with Gasteiger partial charge in [0, 0.05) is 10.6 Å². The van der Waals surface area contributed by atoms with Crippen LogP contribution in [0.3, 0.4) is 0 Å². The van der Waals surface area contributed by atoms with E-state index in [4.69, 9.17) is 11.6 Å². The van der Waals surface area contributed by atoms with E-state index in [9.17, 15) is 13.9 Å². The molecule has 1 N–H and O–H groups in total. The molecule has 1 nitrogen and oxygen atoms in total. The zero-order chi connectivity index (χ0) is 13.6. The normalized spacial score (nSPS) is 21.5. The highest BCUT2D eigenvalue weighted by Gasteiger charge is 2.41. The van der Waals surface area contributed by atoms with E-state index in [-0.39, 0.29) is 22.8 Å². The highest BCUT2D eigenvalue weighted by molar-refractivity contribution is 6.30. The Labute approximate surface area is 114 Å². The molecule has 0 aliphatic heterocycles. The molecule has 3 rings (SSSR count). The van der Waals surface area contributed by atoms with Gasteiger partial charge in [0.1, 0.15) is 17.2 Å². The molecule has 19 heavy (non-hydrogen) atoms. The summed E-state index contributed by atoms with van der Waals surface area (Å²) in [7, 11) is 0. The number of benzene rings is 2. The van der Waals surface area contributed by atoms with Crippen LogP contribution in [0.15, 0.2) is 36.4 Å². The maximum absolute atomic E-state index is 14.0. The number of hydrogen-bond acceptors (Lipinski definition) is 1. The van der Waals surface area contributed by atoms with Crippen LogP contribution in [0.4, 0.5) is 8.78 Å². The summed E-state index contributed by atoms with van der Waals surface area (Å²) in [6.45, 7) is 0. The van der Waals surface area contributed by atoms with Gasteiger partial charge in [0.15, 0.2) is 0 Å². The van der Waals surface area contributed by atoms with Crippen LogP contribution in [-0.2, 0) is 12.0 Å². The highest BCUT2D eigenvalue weighted by atomic mass is 35.5. The molecule has 0 heterocycles. The lowest BCUT2D eigenvalue weighted by Crippen LogP contribution is -2.25. The van der Waals surface area contributed by atoms with Gasteiger partial charge in [-0.05, 0) is 42.2 Å². The van der Waals surface area contributed by atoms with Gasteiger partial charge >= 0.3 is 0 Å². The van der Waals surface area contributed by atoms with Crippen LogP contribution in [0.25, 0.3) is 0 Å². The van der Waals surface area contributed by atoms with Crippen LogP contribution in [0.1, 0.15) is 23.1 Å². The molecule has 0 fully saturated rings. The average molecular weight is 281 g/mol. The Morgan fingerprint density at radius 2 is 1.84 bits per heavy atom. The van der Waals surface area contributed by atoms with E-state index in [0.29, 0.717) is 17.5 Å². The van der Waals surface area contributed by atoms with Crippen LogP contribution in [0.5, 0.6) is 0 Å². The van der Waals surface area contributed by atoms with Crippen molar-refractivity contribution in [1.29, 1.82) is 0 Å². The number of aliphatic hydroxyl groups is 1. The van der Waals surface area contributed by atoms with Gasteiger partial charge in [-0.2, -0.15) is 0 Å². The van der Waals surface area contributed by atoms with Gasteiger partial charge in [-0.3, -0.25) is 0 Å². The van der Waals surface area contributed by atoms with Crippen molar-refractivity contribution in [2.24, 2.45) is 0 Å². The molecule has 0 radical (unpaired) electrons. The topological polar surface area (TPSA) is 20.2 Å². The van der Waals surface area contributed by atoms with Crippen molar-refractivity contribution in [2.45, 2.75) is 18.4 Å². The predicted octanol–water partition coefficient (Wildman–Crippen LogP) is 3.80. The molecule has 0 aromatic heterocycles. The third-order valence-electron chi connectivity index (χ3n) is 3.68. The van der Waals surface area contributed by atoms with E-state index in [1.54, 1.807) is 6.07 Å². The molecule has 1 aliphatic carbocycles. The van der Waals surface area contributed by atoms with Crippen LogP contribution in [-0.4, -0.2) is 5.11 Å². The Balaban J connectivity index is 2.19. The lowest BCUT2D eigenvalue weighted by atomic mass is 9.87. The van der Waals surface area contributed by atoms with Crippen molar-refractivity contribution in [3.05, 3.63) is 69.7 Å². The van der Waals surface area contributed by atoms with Gasteiger partial charge < -0.3 is 5.11 Å². The molecule has 4 heteroatoms.